The van der Waals surface area contributed by atoms with Gasteiger partial charge < -0.3 is 9.84 Å². The number of rotatable bonds is 6. The molecular weight excluding hydrogens is 264 g/mol. The summed E-state index contributed by atoms with van der Waals surface area (Å²) in [6.45, 7) is 6.34. The van der Waals surface area contributed by atoms with Crippen molar-refractivity contribution in [1.29, 1.82) is 0 Å². The molecule has 0 spiro atoms. The lowest BCUT2D eigenvalue weighted by molar-refractivity contribution is 0.158. The minimum Gasteiger partial charge on any atom is -0.338 e. The fourth-order valence-electron chi connectivity index (χ4n) is 2.51. The zero-order valence-electron chi connectivity index (χ0n) is 11.9. The van der Waals surface area contributed by atoms with Crippen LogP contribution >= 0.6 is 12.4 Å². The summed E-state index contributed by atoms with van der Waals surface area (Å²) >= 11 is 0. The second-order valence-corrected chi connectivity index (χ2v) is 5.13. The zero-order valence-corrected chi connectivity index (χ0v) is 12.7. The van der Waals surface area contributed by atoms with Gasteiger partial charge in [-0.05, 0) is 51.9 Å². The molecule has 1 aliphatic heterocycles. The Labute approximate surface area is 121 Å². The van der Waals surface area contributed by atoms with Crippen LogP contribution in [0.2, 0.25) is 0 Å². The molecule has 19 heavy (non-hydrogen) atoms. The lowest BCUT2D eigenvalue weighted by Crippen LogP contribution is -2.36. The molecule has 6 heteroatoms. The van der Waals surface area contributed by atoms with E-state index in [4.69, 9.17) is 4.52 Å². The Kier molecular flexibility index (Phi) is 7.34. The standard InChI is InChI=1S/C13H24N4O.ClH/c1-3-4-12-15-13(18-16-12)10-17-7-5-11(6-8-17)9-14-2;/h11,14H,3-10H2,1-2H3;1H. The van der Waals surface area contributed by atoms with Gasteiger partial charge in [-0.15, -0.1) is 12.4 Å². The molecular formula is C13H25ClN4O. The molecule has 2 heterocycles. The van der Waals surface area contributed by atoms with Gasteiger partial charge in [-0.25, -0.2) is 0 Å². The number of likely N-dealkylation sites (tertiary alicyclic amines) is 1. The highest BCUT2D eigenvalue weighted by molar-refractivity contribution is 5.85. The Morgan fingerprint density at radius 3 is 2.74 bits per heavy atom. The first kappa shape index (κ1) is 16.4. The fraction of sp³-hybridized carbons (Fsp3) is 0.846. The second-order valence-electron chi connectivity index (χ2n) is 5.13. The van der Waals surface area contributed by atoms with Crippen LogP contribution in [-0.2, 0) is 13.0 Å². The highest BCUT2D eigenvalue weighted by Crippen LogP contribution is 2.17. The molecule has 0 unspecified atom stereocenters. The van der Waals surface area contributed by atoms with Crippen LogP contribution in [0.3, 0.4) is 0 Å². The summed E-state index contributed by atoms with van der Waals surface area (Å²) in [6, 6.07) is 0. The van der Waals surface area contributed by atoms with E-state index in [1.165, 1.54) is 12.8 Å². The van der Waals surface area contributed by atoms with Crippen LogP contribution in [0.25, 0.3) is 0 Å². The van der Waals surface area contributed by atoms with Crippen LogP contribution < -0.4 is 5.32 Å². The first-order valence-electron chi connectivity index (χ1n) is 7.00. The molecule has 5 nitrogen and oxygen atoms in total. The van der Waals surface area contributed by atoms with E-state index in [0.29, 0.717) is 0 Å². The summed E-state index contributed by atoms with van der Waals surface area (Å²) in [4.78, 5) is 6.83. The molecule has 0 bridgehead atoms. The SMILES string of the molecule is CCCc1noc(CN2CCC(CNC)CC2)n1.Cl. The third-order valence-electron chi connectivity index (χ3n) is 3.54. The van der Waals surface area contributed by atoms with Gasteiger partial charge >= 0.3 is 0 Å². The van der Waals surface area contributed by atoms with Crippen molar-refractivity contribution in [3.05, 3.63) is 11.7 Å². The fourth-order valence-corrected chi connectivity index (χ4v) is 2.51. The molecule has 0 amide bonds. The highest BCUT2D eigenvalue weighted by Gasteiger charge is 2.20. The largest absolute Gasteiger partial charge is 0.338 e. The number of halogens is 1. The molecule has 1 fully saturated rings. The first-order valence-corrected chi connectivity index (χ1v) is 7.00. The maximum absolute atomic E-state index is 5.28. The zero-order chi connectivity index (χ0) is 12.8. The predicted molar refractivity (Wildman–Crippen MR) is 77.5 cm³/mol. The van der Waals surface area contributed by atoms with Crippen molar-refractivity contribution >= 4 is 12.4 Å². The highest BCUT2D eigenvalue weighted by atomic mass is 35.5. The van der Waals surface area contributed by atoms with Crippen molar-refractivity contribution in [2.45, 2.75) is 39.2 Å². The Hall–Kier alpha value is -0.650. The number of hydrogen-bond acceptors (Lipinski definition) is 5. The predicted octanol–water partition coefficient (Wildman–Crippen LogP) is 1.88. The van der Waals surface area contributed by atoms with Crippen LogP contribution in [0.5, 0.6) is 0 Å². The molecule has 1 saturated heterocycles. The molecule has 0 radical (unpaired) electrons. The Balaban J connectivity index is 0.00000180. The van der Waals surface area contributed by atoms with Crippen molar-refractivity contribution in [3.8, 4) is 0 Å². The summed E-state index contributed by atoms with van der Waals surface area (Å²) in [6.07, 6.45) is 4.50. The van der Waals surface area contributed by atoms with Crippen molar-refractivity contribution in [3.63, 3.8) is 0 Å². The van der Waals surface area contributed by atoms with E-state index in [9.17, 15) is 0 Å². The molecule has 110 valence electrons. The lowest BCUT2D eigenvalue weighted by Gasteiger charge is -2.30. The Bertz CT molecular complexity index is 350. The normalized spacial score (nSPS) is 17.4. The first-order chi connectivity index (χ1) is 8.81. The summed E-state index contributed by atoms with van der Waals surface area (Å²) in [5, 5.41) is 7.25. The van der Waals surface area contributed by atoms with Gasteiger partial charge in [0, 0.05) is 6.42 Å². The van der Waals surface area contributed by atoms with E-state index in [1.54, 1.807) is 0 Å². The average molecular weight is 289 g/mol. The molecule has 1 aliphatic rings. The Morgan fingerprint density at radius 2 is 2.11 bits per heavy atom. The van der Waals surface area contributed by atoms with Gasteiger partial charge in [0.1, 0.15) is 0 Å². The molecule has 1 N–H and O–H groups in total. The summed E-state index contributed by atoms with van der Waals surface area (Å²) in [7, 11) is 2.03. The maximum Gasteiger partial charge on any atom is 0.240 e. The van der Waals surface area contributed by atoms with E-state index in [2.05, 4.69) is 27.3 Å². The molecule has 0 aromatic carbocycles. The number of nitrogens with zero attached hydrogens (tertiary/aromatic N) is 3. The summed E-state index contributed by atoms with van der Waals surface area (Å²) in [5.41, 5.74) is 0. The maximum atomic E-state index is 5.28. The number of piperidine rings is 1. The van der Waals surface area contributed by atoms with Crippen molar-refractivity contribution in [1.82, 2.24) is 20.4 Å². The minimum atomic E-state index is 0. The third kappa shape index (κ3) is 5.09. The smallest absolute Gasteiger partial charge is 0.240 e. The van der Waals surface area contributed by atoms with Crippen LogP contribution in [-0.4, -0.2) is 41.7 Å². The summed E-state index contributed by atoms with van der Waals surface area (Å²) in [5.74, 6) is 2.44. The molecule has 2 rings (SSSR count). The van der Waals surface area contributed by atoms with Gasteiger partial charge in [0.15, 0.2) is 5.82 Å². The van der Waals surface area contributed by atoms with Gasteiger partial charge in [0.25, 0.3) is 0 Å². The topological polar surface area (TPSA) is 54.2 Å². The van der Waals surface area contributed by atoms with E-state index in [1.807, 2.05) is 7.05 Å². The van der Waals surface area contributed by atoms with Gasteiger partial charge in [-0.1, -0.05) is 12.1 Å². The Morgan fingerprint density at radius 1 is 1.37 bits per heavy atom. The monoisotopic (exact) mass is 288 g/mol. The average Bonchev–Trinajstić information content (AvgIpc) is 2.80. The summed E-state index contributed by atoms with van der Waals surface area (Å²) < 4.78 is 5.28. The number of aromatic nitrogens is 2. The van der Waals surface area contributed by atoms with Crippen molar-refractivity contribution in [2.24, 2.45) is 5.92 Å². The van der Waals surface area contributed by atoms with Crippen LogP contribution in [0.1, 0.15) is 37.9 Å². The van der Waals surface area contributed by atoms with Gasteiger partial charge in [-0.2, -0.15) is 4.98 Å². The van der Waals surface area contributed by atoms with Crippen LogP contribution in [0.4, 0.5) is 0 Å². The van der Waals surface area contributed by atoms with Crippen LogP contribution in [0.15, 0.2) is 4.52 Å². The van der Waals surface area contributed by atoms with Gasteiger partial charge in [-0.3, -0.25) is 4.90 Å². The lowest BCUT2D eigenvalue weighted by atomic mass is 9.97. The number of nitrogens with one attached hydrogen (secondary N) is 1. The molecule has 0 atom stereocenters. The molecule has 1 aromatic rings. The van der Waals surface area contributed by atoms with Gasteiger partial charge in [0.05, 0.1) is 6.54 Å². The number of aryl methyl sites for hydroxylation is 1. The van der Waals surface area contributed by atoms with Crippen LogP contribution in [0, 0.1) is 5.92 Å². The minimum absolute atomic E-state index is 0. The quantitative estimate of drug-likeness (QED) is 0.866. The van der Waals surface area contributed by atoms with E-state index >= 15 is 0 Å². The molecule has 1 aromatic heterocycles. The molecule has 0 saturated carbocycles. The third-order valence-corrected chi connectivity index (χ3v) is 3.54. The van der Waals surface area contributed by atoms with E-state index in [-0.39, 0.29) is 12.4 Å². The van der Waals surface area contributed by atoms with Gasteiger partial charge in [0.2, 0.25) is 5.89 Å². The van der Waals surface area contributed by atoms with Crippen molar-refractivity contribution in [2.75, 3.05) is 26.7 Å². The van der Waals surface area contributed by atoms with E-state index in [0.717, 1.165) is 56.7 Å². The number of hydrogen-bond donors (Lipinski definition) is 1. The van der Waals surface area contributed by atoms with Crippen molar-refractivity contribution < 1.29 is 4.52 Å². The molecule has 0 aliphatic carbocycles. The van der Waals surface area contributed by atoms with E-state index < -0.39 is 0 Å². The second kappa shape index (κ2) is 8.51.